The smallest absolute Gasteiger partial charge is 0.223 e. The molecule has 0 aromatic rings. The molecule has 0 spiro atoms. The van der Waals surface area contributed by atoms with E-state index < -0.39 is 0 Å². The van der Waals surface area contributed by atoms with Gasteiger partial charge in [0.25, 0.3) is 0 Å². The lowest BCUT2D eigenvalue weighted by molar-refractivity contribution is -0.128. The quantitative estimate of drug-likeness (QED) is 0.790. The molecule has 4 heteroatoms. The van der Waals surface area contributed by atoms with Crippen molar-refractivity contribution in [3.8, 4) is 0 Å². The second-order valence-electron chi connectivity index (χ2n) is 5.25. The molecule has 0 aromatic carbocycles. The Labute approximate surface area is 108 Å². The Kier molecular flexibility index (Phi) is 5.11. The predicted octanol–water partition coefficient (Wildman–Crippen LogP) is 2.33. The fourth-order valence-electron chi connectivity index (χ4n) is 2.67. The Morgan fingerprint density at radius 3 is 2.41 bits per heavy atom. The second-order valence-corrected chi connectivity index (χ2v) is 5.87. The topological polar surface area (TPSA) is 38.3 Å². The van der Waals surface area contributed by atoms with Crippen molar-refractivity contribution in [1.29, 1.82) is 0 Å². The van der Waals surface area contributed by atoms with E-state index in [4.69, 9.17) is 16.3 Å². The van der Waals surface area contributed by atoms with Gasteiger partial charge in [-0.3, -0.25) is 4.79 Å². The number of hydrogen-bond donors (Lipinski definition) is 1. The molecular weight excluding hydrogens is 238 g/mol. The molecule has 0 bridgehead atoms. The molecule has 1 N–H and O–H groups in total. The molecule has 2 rings (SSSR count). The van der Waals surface area contributed by atoms with Crippen molar-refractivity contribution in [3.63, 3.8) is 0 Å². The summed E-state index contributed by atoms with van der Waals surface area (Å²) in [6, 6.07) is 0. The lowest BCUT2D eigenvalue weighted by Gasteiger charge is -2.26. The van der Waals surface area contributed by atoms with Crippen molar-refractivity contribution in [2.45, 2.75) is 43.9 Å². The first-order chi connectivity index (χ1) is 8.25. The summed E-state index contributed by atoms with van der Waals surface area (Å²) >= 11 is 6.07. The van der Waals surface area contributed by atoms with Gasteiger partial charge in [-0.2, -0.15) is 0 Å². The van der Waals surface area contributed by atoms with Crippen molar-refractivity contribution in [2.75, 3.05) is 19.8 Å². The third-order valence-corrected chi connectivity index (χ3v) is 4.37. The molecule has 2 fully saturated rings. The zero-order chi connectivity index (χ0) is 12.1. The molecular formula is C13H22ClNO2. The number of alkyl halides is 1. The summed E-state index contributed by atoms with van der Waals surface area (Å²) in [6.45, 7) is 2.30. The first-order valence-corrected chi connectivity index (χ1v) is 7.19. The highest BCUT2D eigenvalue weighted by molar-refractivity contribution is 6.20. The van der Waals surface area contributed by atoms with Gasteiger partial charge in [-0.25, -0.2) is 0 Å². The number of carbonyl (C=O) groups excluding carboxylic acids is 1. The van der Waals surface area contributed by atoms with Gasteiger partial charge in [0, 0.05) is 31.1 Å². The maximum atomic E-state index is 11.9. The molecule has 0 aromatic heterocycles. The molecule has 1 saturated carbocycles. The van der Waals surface area contributed by atoms with Crippen LogP contribution in [-0.2, 0) is 9.53 Å². The number of nitrogens with one attached hydrogen (secondary N) is 1. The van der Waals surface area contributed by atoms with Gasteiger partial charge in [-0.15, -0.1) is 11.6 Å². The summed E-state index contributed by atoms with van der Waals surface area (Å²) in [5, 5.41) is 3.46. The third kappa shape index (κ3) is 4.14. The molecule has 1 aliphatic carbocycles. The molecule has 98 valence electrons. The fraction of sp³-hybridized carbons (Fsp3) is 0.923. The van der Waals surface area contributed by atoms with E-state index in [1.165, 1.54) is 0 Å². The minimum atomic E-state index is 0.174. The summed E-state index contributed by atoms with van der Waals surface area (Å²) in [7, 11) is 0. The summed E-state index contributed by atoms with van der Waals surface area (Å²) < 4.78 is 5.26. The normalized spacial score (nSPS) is 31.1. The third-order valence-electron chi connectivity index (χ3n) is 3.93. The van der Waals surface area contributed by atoms with E-state index >= 15 is 0 Å². The predicted molar refractivity (Wildman–Crippen MR) is 68.2 cm³/mol. The van der Waals surface area contributed by atoms with Crippen molar-refractivity contribution < 1.29 is 9.53 Å². The molecule has 1 saturated heterocycles. The van der Waals surface area contributed by atoms with Gasteiger partial charge in [-0.05, 0) is 44.4 Å². The van der Waals surface area contributed by atoms with Gasteiger partial charge in [-0.1, -0.05) is 0 Å². The van der Waals surface area contributed by atoms with E-state index in [2.05, 4.69) is 5.32 Å². The van der Waals surface area contributed by atoms with Gasteiger partial charge in [0.15, 0.2) is 0 Å². The maximum absolute atomic E-state index is 11.9. The van der Waals surface area contributed by atoms with Crippen LogP contribution in [0.3, 0.4) is 0 Å². The van der Waals surface area contributed by atoms with Crippen LogP contribution in [0.25, 0.3) is 0 Å². The fourth-order valence-corrected chi connectivity index (χ4v) is 2.93. The van der Waals surface area contributed by atoms with Gasteiger partial charge in [0.05, 0.1) is 0 Å². The summed E-state index contributed by atoms with van der Waals surface area (Å²) in [5.41, 5.74) is 0. The number of hydrogen-bond acceptors (Lipinski definition) is 2. The van der Waals surface area contributed by atoms with E-state index in [9.17, 15) is 4.79 Å². The molecule has 1 aliphatic heterocycles. The number of ether oxygens (including phenoxy) is 1. The van der Waals surface area contributed by atoms with Crippen molar-refractivity contribution in [1.82, 2.24) is 5.32 Å². The standard InChI is InChI=1S/C13H22ClNO2/c14-12-3-1-10(2-4-12)9-15-13(16)11-5-7-17-8-6-11/h10-12H,1-9H2,(H,15,16). The number of halogens is 1. The largest absolute Gasteiger partial charge is 0.381 e. The minimum Gasteiger partial charge on any atom is -0.381 e. The maximum Gasteiger partial charge on any atom is 0.223 e. The first kappa shape index (κ1) is 13.2. The molecule has 0 radical (unpaired) electrons. The highest BCUT2D eigenvalue weighted by Gasteiger charge is 2.23. The van der Waals surface area contributed by atoms with Crippen LogP contribution in [0.4, 0.5) is 0 Å². The lowest BCUT2D eigenvalue weighted by Crippen LogP contribution is -2.37. The van der Waals surface area contributed by atoms with Gasteiger partial charge < -0.3 is 10.1 Å². The van der Waals surface area contributed by atoms with E-state index in [0.29, 0.717) is 11.3 Å². The molecule has 1 heterocycles. The number of carbonyl (C=O) groups is 1. The van der Waals surface area contributed by atoms with E-state index in [0.717, 1.165) is 58.3 Å². The van der Waals surface area contributed by atoms with Crippen LogP contribution in [0.1, 0.15) is 38.5 Å². The van der Waals surface area contributed by atoms with Crippen LogP contribution in [0.5, 0.6) is 0 Å². The van der Waals surface area contributed by atoms with Crippen LogP contribution in [0.15, 0.2) is 0 Å². The van der Waals surface area contributed by atoms with Crippen molar-refractivity contribution >= 4 is 17.5 Å². The van der Waals surface area contributed by atoms with Crippen LogP contribution >= 0.6 is 11.6 Å². The van der Waals surface area contributed by atoms with Gasteiger partial charge in [0.2, 0.25) is 5.91 Å². The lowest BCUT2D eigenvalue weighted by atomic mass is 9.88. The zero-order valence-electron chi connectivity index (χ0n) is 10.3. The second kappa shape index (κ2) is 6.60. The van der Waals surface area contributed by atoms with Crippen LogP contribution in [0.2, 0.25) is 0 Å². The van der Waals surface area contributed by atoms with E-state index in [1.807, 2.05) is 0 Å². The highest BCUT2D eigenvalue weighted by atomic mass is 35.5. The Morgan fingerprint density at radius 2 is 1.76 bits per heavy atom. The zero-order valence-corrected chi connectivity index (χ0v) is 11.0. The Hall–Kier alpha value is -0.280. The average Bonchev–Trinajstić information content (AvgIpc) is 2.39. The summed E-state index contributed by atoms with van der Waals surface area (Å²) in [4.78, 5) is 11.9. The first-order valence-electron chi connectivity index (χ1n) is 6.75. The molecule has 0 atom stereocenters. The Bertz CT molecular complexity index is 246. The molecule has 0 unspecified atom stereocenters. The van der Waals surface area contributed by atoms with E-state index in [1.54, 1.807) is 0 Å². The minimum absolute atomic E-state index is 0.174. The van der Waals surface area contributed by atoms with Crippen LogP contribution in [0, 0.1) is 11.8 Å². The van der Waals surface area contributed by atoms with Crippen molar-refractivity contribution in [2.24, 2.45) is 11.8 Å². The van der Waals surface area contributed by atoms with Crippen LogP contribution in [-0.4, -0.2) is 31.0 Å². The molecule has 3 nitrogen and oxygen atoms in total. The molecule has 1 amide bonds. The van der Waals surface area contributed by atoms with Crippen molar-refractivity contribution in [3.05, 3.63) is 0 Å². The van der Waals surface area contributed by atoms with Crippen LogP contribution < -0.4 is 5.32 Å². The van der Waals surface area contributed by atoms with Gasteiger partial charge in [0.1, 0.15) is 0 Å². The molecule has 2 aliphatic rings. The summed E-state index contributed by atoms with van der Waals surface area (Å²) in [5.74, 6) is 1.03. The van der Waals surface area contributed by atoms with Gasteiger partial charge >= 0.3 is 0 Å². The molecule has 17 heavy (non-hydrogen) atoms. The number of rotatable bonds is 3. The highest BCUT2D eigenvalue weighted by Crippen LogP contribution is 2.27. The number of amides is 1. The Morgan fingerprint density at radius 1 is 1.12 bits per heavy atom. The van der Waals surface area contributed by atoms with E-state index in [-0.39, 0.29) is 11.8 Å². The SMILES string of the molecule is O=C(NCC1CCC(Cl)CC1)C1CCOCC1. The monoisotopic (exact) mass is 259 g/mol. The summed E-state index contributed by atoms with van der Waals surface area (Å²) in [6.07, 6.45) is 6.25. The average molecular weight is 260 g/mol. The Balaban J connectivity index is 1.65.